The zero-order valence-electron chi connectivity index (χ0n) is 13.8. The fourth-order valence-electron chi connectivity index (χ4n) is 2.45. The first kappa shape index (κ1) is 19.4. The standard InChI is InChI=1S/C16H24N2O4.ClH/c1-20-13-6-4-12(15(21-2)16(13)22-3)5-7-14(19)18-10-11-8-17-9-11;/h4,6,11,17H,5,7-10H2,1-3H3,(H,18,19);1H. The molecule has 2 rings (SSSR count). The zero-order valence-corrected chi connectivity index (χ0v) is 14.6. The maximum Gasteiger partial charge on any atom is 0.220 e. The highest BCUT2D eigenvalue weighted by atomic mass is 35.5. The molecule has 6 nitrogen and oxygen atoms in total. The molecule has 1 aliphatic heterocycles. The average molecular weight is 345 g/mol. The van der Waals surface area contributed by atoms with E-state index in [-0.39, 0.29) is 18.3 Å². The van der Waals surface area contributed by atoms with E-state index in [9.17, 15) is 4.79 Å². The normalized spacial score (nSPS) is 13.5. The van der Waals surface area contributed by atoms with Gasteiger partial charge in [-0.1, -0.05) is 6.07 Å². The maximum absolute atomic E-state index is 11.9. The summed E-state index contributed by atoms with van der Waals surface area (Å²) in [5, 5.41) is 6.16. The first-order chi connectivity index (χ1) is 10.7. The van der Waals surface area contributed by atoms with E-state index in [1.165, 1.54) is 0 Å². The Labute approximate surface area is 143 Å². The molecule has 0 aliphatic carbocycles. The van der Waals surface area contributed by atoms with Crippen LogP contribution in [0.25, 0.3) is 0 Å². The van der Waals surface area contributed by atoms with E-state index in [0.29, 0.717) is 36.0 Å². The van der Waals surface area contributed by atoms with E-state index >= 15 is 0 Å². The van der Waals surface area contributed by atoms with Gasteiger partial charge in [-0.15, -0.1) is 12.4 Å². The Bertz CT molecular complexity index is 521. The van der Waals surface area contributed by atoms with Gasteiger partial charge in [0.1, 0.15) is 0 Å². The first-order valence-corrected chi connectivity index (χ1v) is 7.44. The highest BCUT2D eigenvalue weighted by molar-refractivity contribution is 5.85. The van der Waals surface area contributed by atoms with Gasteiger partial charge >= 0.3 is 0 Å². The van der Waals surface area contributed by atoms with E-state index < -0.39 is 0 Å². The molecule has 1 aromatic rings. The van der Waals surface area contributed by atoms with Crippen molar-refractivity contribution in [3.8, 4) is 17.2 Å². The lowest BCUT2D eigenvalue weighted by atomic mass is 10.0. The number of aryl methyl sites for hydroxylation is 1. The van der Waals surface area contributed by atoms with Crippen LogP contribution >= 0.6 is 12.4 Å². The average Bonchev–Trinajstić information content (AvgIpc) is 2.50. The lowest BCUT2D eigenvalue weighted by Crippen LogP contribution is -2.48. The Balaban J connectivity index is 0.00000264. The minimum atomic E-state index is 0. The van der Waals surface area contributed by atoms with Crippen LogP contribution in [0.4, 0.5) is 0 Å². The van der Waals surface area contributed by atoms with Crippen molar-refractivity contribution in [2.75, 3.05) is 41.0 Å². The summed E-state index contributed by atoms with van der Waals surface area (Å²) in [6.07, 6.45) is 1.02. The number of carbonyl (C=O) groups is 1. The van der Waals surface area contributed by atoms with Gasteiger partial charge in [0.25, 0.3) is 0 Å². The monoisotopic (exact) mass is 344 g/mol. The van der Waals surface area contributed by atoms with Crippen LogP contribution in [0.15, 0.2) is 12.1 Å². The predicted molar refractivity (Wildman–Crippen MR) is 91.0 cm³/mol. The van der Waals surface area contributed by atoms with Crippen molar-refractivity contribution < 1.29 is 19.0 Å². The van der Waals surface area contributed by atoms with Gasteiger partial charge in [-0.3, -0.25) is 4.79 Å². The van der Waals surface area contributed by atoms with Crippen LogP contribution in [0.5, 0.6) is 17.2 Å². The topological polar surface area (TPSA) is 68.8 Å². The molecule has 2 N–H and O–H groups in total. The summed E-state index contributed by atoms with van der Waals surface area (Å²) in [7, 11) is 4.74. The maximum atomic E-state index is 11.9. The molecule has 1 aliphatic rings. The van der Waals surface area contributed by atoms with Gasteiger partial charge in [0.15, 0.2) is 11.5 Å². The molecule has 1 heterocycles. The van der Waals surface area contributed by atoms with Gasteiger partial charge in [0, 0.05) is 32.0 Å². The molecule has 0 aromatic heterocycles. The van der Waals surface area contributed by atoms with Gasteiger partial charge in [-0.2, -0.15) is 0 Å². The molecule has 0 bridgehead atoms. The minimum Gasteiger partial charge on any atom is -0.493 e. The molecule has 0 radical (unpaired) electrons. The summed E-state index contributed by atoms with van der Waals surface area (Å²) in [6, 6.07) is 3.73. The number of hydrogen-bond donors (Lipinski definition) is 2. The molecule has 7 heteroatoms. The van der Waals surface area contributed by atoms with Gasteiger partial charge in [-0.05, 0) is 18.1 Å². The van der Waals surface area contributed by atoms with Crippen LogP contribution in [0, 0.1) is 5.92 Å². The van der Waals surface area contributed by atoms with Crippen LogP contribution in [0.1, 0.15) is 12.0 Å². The number of benzene rings is 1. The Kier molecular flexibility index (Phi) is 7.98. The van der Waals surface area contributed by atoms with Crippen LogP contribution in [0.3, 0.4) is 0 Å². The quantitative estimate of drug-likeness (QED) is 0.746. The molecule has 1 aromatic carbocycles. The molecule has 23 heavy (non-hydrogen) atoms. The lowest BCUT2D eigenvalue weighted by molar-refractivity contribution is -0.121. The van der Waals surface area contributed by atoms with Crippen molar-refractivity contribution in [3.63, 3.8) is 0 Å². The molecule has 130 valence electrons. The van der Waals surface area contributed by atoms with Crippen molar-refractivity contribution in [3.05, 3.63) is 17.7 Å². The lowest BCUT2D eigenvalue weighted by Gasteiger charge is -2.27. The van der Waals surface area contributed by atoms with E-state index in [1.54, 1.807) is 21.3 Å². The fourth-order valence-corrected chi connectivity index (χ4v) is 2.45. The number of methoxy groups -OCH3 is 3. The van der Waals surface area contributed by atoms with Gasteiger partial charge in [0.2, 0.25) is 11.7 Å². The molecule has 0 unspecified atom stereocenters. The third-order valence-corrected chi connectivity index (χ3v) is 3.86. The largest absolute Gasteiger partial charge is 0.493 e. The summed E-state index contributed by atoms with van der Waals surface area (Å²) in [4.78, 5) is 11.9. The van der Waals surface area contributed by atoms with E-state index in [0.717, 1.165) is 25.2 Å². The van der Waals surface area contributed by atoms with E-state index in [2.05, 4.69) is 10.6 Å². The van der Waals surface area contributed by atoms with Crippen molar-refractivity contribution >= 4 is 18.3 Å². The fraction of sp³-hybridized carbons (Fsp3) is 0.562. The first-order valence-electron chi connectivity index (χ1n) is 7.44. The van der Waals surface area contributed by atoms with Crippen molar-refractivity contribution in [2.45, 2.75) is 12.8 Å². The molecule has 1 fully saturated rings. The van der Waals surface area contributed by atoms with Crippen molar-refractivity contribution in [2.24, 2.45) is 5.92 Å². The third kappa shape index (κ3) is 4.91. The van der Waals surface area contributed by atoms with Gasteiger partial charge in [0.05, 0.1) is 21.3 Å². The number of halogens is 1. The number of nitrogens with one attached hydrogen (secondary N) is 2. The Morgan fingerprint density at radius 3 is 2.39 bits per heavy atom. The molecule has 0 spiro atoms. The van der Waals surface area contributed by atoms with Crippen LogP contribution in [-0.4, -0.2) is 46.9 Å². The second kappa shape index (κ2) is 9.47. The molecule has 1 amide bonds. The zero-order chi connectivity index (χ0) is 15.9. The number of rotatable bonds is 8. The third-order valence-electron chi connectivity index (χ3n) is 3.86. The smallest absolute Gasteiger partial charge is 0.220 e. The molecule has 0 atom stereocenters. The summed E-state index contributed by atoms with van der Waals surface area (Å²) in [5.41, 5.74) is 0.931. The minimum absolute atomic E-state index is 0. The predicted octanol–water partition coefficient (Wildman–Crippen LogP) is 1.40. The van der Waals surface area contributed by atoms with Gasteiger partial charge in [-0.25, -0.2) is 0 Å². The number of amides is 1. The van der Waals surface area contributed by atoms with Crippen molar-refractivity contribution in [1.82, 2.24) is 10.6 Å². The summed E-state index contributed by atoms with van der Waals surface area (Å²) in [6.45, 7) is 2.72. The summed E-state index contributed by atoms with van der Waals surface area (Å²) in [5.74, 6) is 2.43. The summed E-state index contributed by atoms with van der Waals surface area (Å²) >= 11 is 0. The van der Waals surface area contributed by atoms with Crippen LogP contribution in [0.2, 0.25) is 0 Å². The summed E-state index contributed by atoms with van der Waals surface area (Å²) < 4.78 is 16.0. The highest BCUT2D eigenvalue weighted by Gasteiger charge is 2.18. The Hall–Kier alpha value is -1.66. The highest BCUT2D eigenvalue weighted by Crippen LogP contribution is 2.40. The molecular formula is C16H25ClN2O4. The van der Waals surface area contributed by atoms with E-state index in [1.807, 2.05) is 12.1 Å². The Morgan fingerprint density at radius 2 is 1.87 bits per heavy atom. The molecular weight excluding hydrogens is 320 g/mol. The SMILES string of the molecule is COc1ccc(CCC(=O)NCC2CNC2)c(OC)c1OC.Cl. The van der Waals surface area contributed by atoms with E-state index in [4.69, 9.17) is 14.2 Å². The second-order valence-corrected chi connectivity index (χ2v) is 5.32. The number of ether oxygens (including phenoxy) is 3. The Morgan fingerprint density at radius 1 is 1.17 bits per heavy atom. The number of carbonyl (C=O) groups excluding carboxylic acids is 1. The van der Waals surface area contributed by atoms with Gasteiger partial charge < -0.3 is 24.8 Å². The molecule has 1 saturated heterocycles. The second-order valence-electron chi connectivity index (χ2n) is 5.32. The van der Waals surface area contributed by atoms with Crippen LogP contribution in [-0.2, 0) is 11.2 Å². The van der Waals surface area contributed by atoms with Crippen LogP contribution < -0.4 is 24.8 Å². The number of hydrogen-bond acceptors (Lipinski definition) is 5. The molecule has 0 saturated carbocycles. The van der Waals surface area contributed by atoms with Crippen molar-refractivity contribution in [1.29, 1.82) is 0 Å².